The van der Waals surface area contributed by atoms with Crippen LogP contribution in [-0.2, 0) is 42.9 Å². The van der Waals surface area contributed by atoms with Crippen molar-refractivity contribution in [3.63, 3.8) is 0 Å². The lowest BCUT2D eigenvalue weighted by Crippen LogP contribution is -2.63. The molecule has 1 aromatic carbocycles. The summed E-state index contributed by atoms with van der Waals surface area (Å²) >= 11 is 3.34. The topological polar surface area (TPSA) is 124 Å². The number of hydrogen-bond acceptors (Lipinski definition) is 12. The minimum Gasteiger partial charge on any atom is -0.463 e. The Morgan fingerprint density at radius 2 is 1.35 bits per heavy atom. The lowest BCUT2D eigenvalue weighted by molar-refractivity contribution is -0.288. The number of esters is 4. The molecule has 1 fully saturated rings. The van der Waals surface area contributed by atoms with Crippen LogP contribution in [-0.4, -0.2) is 61.2 Å². The summed E-state index contributed by atoms with van der Waals surface area (Å²) in [5, 5.41) is 2.04. The van der Waals surface area contributed by atoms with Crippen molar-refractivity contribution < 1.29 is 47.6 Å². The highest BCUT2D eigenvalue weighted by atomic mass is 32.1. The lowest BCUT2D eigenvalue weighted by Gasteiger charge is -2.43. The summed E-state index contributed by atoms with van der Waals surface area (Å²) < 4.78 is 33.4. The van der Waals surface area contributed by atoms with Crippen molar-refractivity contribution in [3.05, 3.63) is 53.9 Å². The predicted molar refractivity (Wildman–Crippen MR) is 146 cm³/mol. The van der Waals surface area contributed by atoms with Crippen molar-refractivity contribution in [2.24, 2.45) is 0 Å². The summed E-state index contributed by atoms with van der Waals surface area (Å²) in [5.74, 6) is -2.34. The molecule has 1 aliphatic heterocycles. The molecule has 0 amide bonds. The number of carbonyl (C=O) groups excluding carboxylic acids is 4. The van der Waals surface area contributed by atoms with Crippen molar-refractivity contribution >= 4 is 46.6 Å². The third-order valence-electron chi connectivity index (χ3n) is 5.71. The number of hydrogen-bond donors (Lipinski definition) is 0. The fourth-order valence-electron chi connectivity index (χ4n) is 4.16. The van der Waals surface area contributed by atoms with Gasteiger partial charge in [0.1, 0.15) is 18.5 Å². The van der Waals surface area contributed by atoms with Gasteiger partial charge in [0.15, 0.2) is 12.2 Å². The molecule has 3 aromatic rings. The molecule has 0 N–H and O–H groups in total. The summed E-state index contributed by atoms with van der Waals surface area (Å²) in [7, 11) is 0. The average Bonchev–Trinajstić information content (AvgIpc) is 3.58. The summed E-state index contributed by atoms with van der Waals surface area (Å²) in [4.78, 5) is 50.8. The highest BCUT2D eigenvalue weighted by Crippen LogP contribution is 2.37. The fraction of sp³-hybridized carbons (Fsp3) is 0.357. The van der Waals surface area contributed by atoms with E-state index < -0.39 is 54.6 Å². The molecular formula is C28H28O10S2. The van der Waals surface area contributed by atoms with E-state index in [1.54, 1.807) is 34.8 Å². The second kappa shape index (κ2) is 13.1. The molecule has 0 saturated carbocycles. The van der Waals surface area contributed by atoms with Gasteiger partial charge in [0.25, 0.3) is 0 Å². The van der Waals surface area contributed by atoms with E-state index in [0.717, 1.165) is 24.3 Å². The molecule has 1 aliphatic rings. The van der Waals surface area contributed by atoms with E-state index in [-0.39, 0.29) is 6.61 Å². The van der Waals surface area contributed by atoms with Crippen LogP contribution >= 0.6 is 22.7 Å². The summed E-state index contributed by atoms with van der Waals surface area (Å²) in [6, 6.07) is 15.4. The predicted octanol–water partition coefficient (Wildman–Crippen LogP) is 4.61. The van der Waals surface area contributed by atoms with Crippen molar-refractivity contribution in [1.82, 2.24) is 0 Å². The van der Waals surface area contributed by atoms with Gasteiger partial charge in [-0.3, -0.25) is 19.2 Å². The van der Waals surface area contributed by atoms with E-state index >= 15 is 0 Å². The standard InChI is InChI=1S/C28H28O10S2/c1-15(29)33-14-21-25(34-16(2)30)26(35-17(3)31)27(36-18(4)32)28(38-21)37-20-9-7-19(8-10-20)22-11-12-24(40-22)23-6-5-13-39-23/h5-13,21,25-28H,14H2,1-4H3/t21-,25-,26+,27-,28-/m1/s1. The van der Waals surface area contributed by atoms with Crippen molar-refractivity contribution in [3.8, 4) is 25.9 Å². The molecule has 2 aromatic heterocycles. The Bertz CT molecular complexity index is 1330. The van der Waals surface area contributed by atoms with Crippen LogP contribution in [0.2, 0.25) is 0 Å². The van der Waals surface area contributed by atoms with Crippen LogP contribution < -0.4 is 4.74 Å². The van der Waals surface area contributed by atoms with Crippen LogP contribution in [0.4, 0.5) is 0 Å². The molecule has 0 radical (unpaired) electrons. The van der Waals surface area contributed by atoms with Crippen LogP contribution in [0.15, 0.2) is 53.9 Å². The molecule has 3 heterocycles. The van der Waals surface area contributed by atoms with Gasteiger partial charge in [-0.05, 0) is 53.4 Å². The number of rotatable bonds is 9. The van der Waals surface area contributed by atoms with Crippen LogP contribution in [0, 0.1) is 0 Å². The van der Waals surface area contributed by atoms with Gasteiger partial charge < -0.3 is 28.4 Å². The molecule has 10 nitrogen and oxygen atoms in total. The minimum atomic E-state index is -1.30. The van der Waals surface area contributed by atoms with Gasteiger partial charge in [0.05, 0.1) is 0 Å². The maximum atomic E-state index is 12.0. The van der Waals surface area contributed by atoms with Gasteiger partial charge in [-0.1, -0.05) is 6.07 Å². The average molecular weight is 589 g/mol. The highest BCUT2D eigenvalue weighted by molar-refractivity contribution is 7.23. The zero-order chi connectivity index (χ0) is 28.8. The smallest absolute Gasteiger partial charge is 0.303 e. The Labute approximate surface area is 238 Å². The van der Waals surface area contributed by atoms with Gasteiger partial charge in [-0.25, -0.2) is 0 Å². The molecule has 4 rings (SSSR count). The fourth-order valence-corrected chi connectivity index (χ4v) is 6.01. The zero-order valence-corrected chi connectivity index (χ0v) is 23.8. The summed E-state index contributed by atoms with van der Waals surface area (Å²) in [6.45, 7) is 4.38. The van der Waals surface area contributed by atoms with E-state index in [0.29, 0.717) is 5.75 Å². The molecule has 0 spiro atoms. The first kappa shape index (κ1) is 29.2. The molecule has 0 unspecified atom stereocenters. The first-order valence-corrected chi connectivity index (χ1v) is 14.0. The van der Waals surface area contributed by atoms with Crippen LogP contribution in [0.25, 0.3) is 20.2 Å². The Balaban J connectivity index is 1.59. The van der Waals surface area contributed by atoms with E-state index in [9.17, 15) is 19.2 Å². The van der Waals surface area contributed by atoms with Crippen molar-refractivity contribution in [2.75, 3.05) is 6.61 Å². The number of thiophene rings is 2. The Morgan fingerprint density at radius 1 is 0.725 bits per heavy atom. The summed E-state index contributed by atoms with van der Waals surface area (Å²) in [6.07, 6.45) is -6.23. The maximum Gasteiger partial charge on any atom is 0.303 e. The Kier molecular flexibility index (Phi) is 9.56. The molecule has 212 valence electrons. The lowest BCUT2D eigenvalue weighted by atomic mass is 9.98. The second-order valence-electron chi connectivity index (χ2n) is 8.85. The molecule has 12 heteroatoms. The van der Waals surface area contributed by atoms with E-state index in [1.165, 1.54) is 23.6 Å². The molecule has 0 aliphatic carbocycles. The number of benzene rings is 1. The number of carbonyl (C=O) groups is 4. The molecule has 5 atom stereocenters. The SMILES string of the molecule is CC(=O)OC[C@H]1O[C@@H](Oc2ccc(-c3ccc(-c4cccs4)s3)cc2)[C@H](OC(C)=O)[C@@H](OC(C)=O)[C@@H]1OC(C)=O. The molecule has 1 saturated heterocycles. The van der Waals surface area contributed by atoms with Gasteiger partial charge in [0.2, 0.25) is 12.4 Å². The minimum absolute atomic E-state index is 0.332. The van der Waals surface area contributed by atoms with Gasteiger partial charge in [-0.15, -0.1) is 22.7 Å². The van der Waals surface area contributed by atoms with E-state index in [1.807, 2.05) is 23.6 Å². The maximum absolute atomic E-state index is 12.0. The first-order valence-electron chi connectivity index (χ1n) is 12.3. The summed E-state index contributed by atoms with van der Waals surface area (Å²) in [5.41, 5.74) is 0.974. The Morgan fingerprint density at radius 3 is 1.95 bits per heavy atom. The van der Waals surface area contributed by atoms with Gasteiger partial charge in [-0.2, -0.15) is 0 Å². The first-order chi connectivity index (χ1) is 19.1. The Hall–Kier alpha value is -3.74. The molecule has 0 bridgehead atoms. The van der Waals surface area contributed by atoms with Crippen LogP contribution in [0.5, 0.6) is 5.75 Å². The van der Waals surface area contributed by atoms with Crippen LogP contribution in [0.1, 0.15) is 27.7 Å². The van der Waals surface area contributed by atoms with E-state index in [2.05, 4.69) is 18.2 Å². The number of ether oxygens (including phenoxy) is 6. The third-order valence-corrected chi connectivity index (χ3v) is 7.91. The molecular weight excluding hydrogens is 560 g/mol. The van der Waals surface area contributed by atoms with Gasteiger partial charge in [0, 0.05) is 42.3 Å². The normalized spacial score (nSPS) is 22.1. The largest absolute Gasteiger partial charge is 0.463 e. The van der Waals surface area contributed by atoms with Gasteiger partial charge >= 0.3 is 23.9 Å². The highest BCUT2D eigenvalue weighted by Gasteiger charge is 2.53. The monoisotopic (exact) mass is 588 g/mol. The second-order valence-corrected chi connectivity index (χ2v) is 10.9. The van der Waals surface area contributed by atoms with Crippen molar-refractivity contribution in [2.45, 2.75) is 58.4 Å². The quantitative estimate of drug-likeness (QED) is 0.259. The van der Waals surface area contributed by atoms with Crippen molar-refractivity contribution in [1.29, 1.82) is 0 Å². The van der Waals surface area contributed by atoms with E-state index in [4.69, 9.17) is 28.4 Å². The molecule has 40 heavy (non-hydrogen) atoms. The zero-order valence-electron chi connectivity index (χ0n) is 22.2. The van der Waals surface area contributed by atoms with Crippen LogP contribution in [0.3, 0.4) is 0 Å². The third kappa shape index (κ3) is 7.46.